The molecule has 1 atom stereocenters. The lowest BCUT2D eigenvalue weighted by atomic mass is 10.3. The number of hydrogen-bond acceptors (Lipinski definition) is 5. The Labute approximate surface area is 105 Å². The van der Waals surface area contributed by atoms with Gasteiger partial charge in [0, 0.05) is 38.1 Å². The predicted octanol–water partition coefficient (Wildman–Crippen LogP) is -0.0215. The number of nitrogens with zero attached hydrogens (tertiary/aromatic N) is 2. The van der Waals surface area contributed by atoms with Crippen LogP contribution in [0.3, 0.4) is 0 Å². The van der Waals surface area contributed by atoms with Gasteiger partial charge in [-0.05, 0) is 12.8 Å². The molecule has 0 amide bonds. The fourth-order valence-electron chi connectivity index (χ4n) is 2.15. The zero-order valence-corrected chi connectivity index (χ0v) is 10.3. The van der Waals surface area contributed by atoms with Crippen LogP contribution in [0.15, 0.2) is 17.2 Å². The van der Waals surface area contributed by atoms with Gasteiger partial charge >= 0.3 is 0 Å². The molecule has 18 heavy (non-hydrogen) atoms. The lowest BCUT2D eigenvalue weighted by Gasteiger charge is -2.23. The van der Waals surface area contributed by atoms with Crippen LogP contribution in [0.2, 0.25) is 0 Å². The van der Waals surface area contributed by atoms with Gasteiger partial charge in [0.2, 0.25) is 0 Å². The summed E-state index contributed by atoms with van der Waals surface area (Å²) in [7, 11) is 0. The van der Waals surface area contributed by atoms with Gasteiger partial charge in [-0.2, -0.15) is 0 Å². The minimum absolute atomic E-state index is 0.0243. The Morgan fingerprint density at radius 3 is 3.17 bits per heavy atom. The molecule has 98 valence electrons. The number of hydrogen-bond donors (Lipinski definition) is 2. The van der Waals surface area contributed by atoms with E-state index in [9.17, 15) is 4.79 Å². The molecule has 2 N–H and O–H groups in total. The number of ether oxygens (including phenoxy) is 1. The molecule has 1 unspecified atom stereocenters. The lowest BCUT2D eigenvalue weighted by molar-refractivity contribution is 0.0371. The van der Waals surface area contributed by atoms with E-state index in [0.717, 1.165) is 32.5 Å². The summed E-state index contributed by atoms with van der Waals surface area (Å²) in [4.78, 5) is 16.2. The van der Waals surface area contributed by atoms with Crippen LogP contribution in [0, 0.1) is 0 Å². The second kappa shape index (κ2) is 5.07. The van der Waals surface area contributed by atoms with Gasteiger partial charge in [0.15, 0.2) is 5.82 Å². The van der Waals surface area contributed by atoms with Crippen LogP contribution in [0.5, 0.6) is 0 Å². The molecule has 0 aromatic carbocycles. The van der Waals surface area contributed by atoms with Gasteiger partial charge in [0.1, 0.15) is 0 Å². The van der Waals surface area contributed by atoms with E-state index in [2.05, 4.69) is 15.6 Å². The van der Waals surface area contributed by atoms with E-state index in [4.69, 9.17) is 4.74 Å². The first-order valence-corrected chi connectivity index (χ1v) is 6.48. The molecule has 2 fully saturated rings. The molecular weight excluding hydrogens is 232 g/mol. The Kier molecular flexibility index (Phi) is 3.29. The van der Waals surface area contributed by atoms with Crippen LogP contribution in [0.1, 0.15) is 18.9 Å². The third-order valence-electron chi connectivity index (χ3n) is 3.31. The fraction of sp³-hybridized carbons (Fsp3) is 0.667. The smallest absolute Gasteiger partial charge is 0.293 e. The number of rotatable bonds is 4. The van der Waals surface area contributed by atoms with Crippen molar-refractivity contribution in [1.29, 1.82) is 0 Å². The summed E-state index contributed by atoms with van der Waals surface area (Å²) in [6.45, 7) is 3.05. The van der Waals surface area contributed by atoms with Crippen molar-refractivity contribution in [2.45, 2.75) is 25.0 Å². The Morgan fingerprint density at radius 2 is 2.44 bits per heavy atom. The molecule has 6 nitrogen and oxygen atoms in total. The highest BCUT2D eigenvalue weighted by Gasteiger charge is 2.25. The van der Waals surface area contributed by atoms with Gasteiger partial charge in [-0.1, -0.05) is 0 Å². The van der Waals surface area contributed by atoms with E-state index >= 15 is 0 Å². The average Bonchev–Trinajstić information content (AvgIpc) is 3.23. The maximum atomic E-state index is 12.1. The quantitative estimate of drug-likeness (QED) is 0.786. The summed E-state index contributed by atoms with van der Waals surface area (Å²) in [5.41, 5.74) is -0.0243. The Hall–Kier alpha value is -1.40. The van der Waals surface area contributed by atoms with Crippen molar-refractivity contribution in [2.75, 3.05) is 31.6 Å². The molecular formula is C12H18N4O2. The highest BCUT2D eigenvalue weighted by Crippen LogP contribution is 2.33. The van der Waals surface area contributed by atoms with Crippen molar-refractivity contribution in [1.82, 2.24) is 14.9 Å². The first-order valence-electron chi connectivity index (χ1n) is 6.48. The molecule has 1 saturated carbocycles. The first-order chi connectivity index (χ1) is 8.84. The highest BCUT2D eigenvalue weighted by atomic mass is 16.5. The van der Waals surface area contributed by atoms with Gasteiger partial charge in [-0.15, -0.1) is 0 Å². The zero-order chi connectivity index (χ0) is 12.4. The molecule has 0 bridgehead atoms. The molecule has 0 spiro atoms. The van der Waals surface area contributed by atoms with E-state index in [-0.39, 0.29) is 11.7 Å². The minimum Gasteiger partial charge on any atom is -0.374 e. The molecule has 0 radical (unpaired) electrons. The summed E-state index contributed by atoms with van der Waals surface area (Å²) >= 11 is 0. The van der Waals surface area contributed by atoms with Crippen LogP contribution in [0.25, 0.3) is 0 Å². The Balaban J connectivity index is 1.65. The van der Waals surface area contributed by atoms with E-state index < -0.39 is 0 Å². The topological polar surface area (TPSA) is 68.2 Å². The lowest BCUT2D eigenvalue weighted by Crippen LogP contribution is -2.42. The van der Waals surface area contributed by atoms with Gasteiger partial charge in [-0.25, -0.2) is 4.98 Å². The number of aromatic nitrogens is 2. The van der Waals surface area contributed by atoms with Crippen LogP contribution < -0.4 is 16.2 Å². The number of morpholine rings is 1. The van der Waals surface area contributed by atoms with Crippen molar-refractivity contribution in [3.63, 3.8) is 0 Å². The molecule has 3 rings (SSSR count). The third kappa shape index (κ3) is 2.54. The molecule has 6 heteroatoms. The van der Waals surface area contributed by atoms with Gasteiger partial charge in [0.25, 0.3) is 5.56 Å². The van der Waals surface area contributed by atoms with E-state index in [1.807, 2.05) is 0 Å². The first kappa shape index (κ1) is 11.7. The summed E-state index contributed by atoms with van der Waals surface area (Å²) in [5, 5.41) is 6.35. The minimum atomic E-state index is -0.0243. The highest BCUT2D eigenvalue weighted by molar-refractivity contribution is 5.31. The fourth-order valence-corrected chi connectivity index (χ4v) is 2.15. The standard InChI is InChI=1S/C12H18N4O2/c17-12-11(14-3-5-16(12)9-1-2-9)15-8-10-7-13-4-6-18-10/h3,5,9-10,13H,1-2,4,6-8H2,(H,14,15). The van der Waals surface area contributed by atoms with Gasteiger partial charge in [0.05, 0.1) is 12.7 Å². The second-order valence-corrected chi connectivity index (χ2v) is 4.80. The van der Waals surface area contributed by atoms with E-state index in [0.29, 0.717) is 18.4 Å². The van der Waals surface area contributed by atoms with Crippen LogP contribution >= 0.6 is 0 Å². The molecule has 2 aliphatic rings. The molecule has 1 saturated heterocycles. The van der Waals surface area contributed by atoms with Gasteiger partial charge < -0.3 is 19.9 Å². The molecule has 1 aliphatic heterocycles. The summed E-state index contributed by atoms with van der Waals surface area (Å²) < 4.78 is 7.34. The van der Waals surface area contributed by atoms with Crippen LogP contribution in [0.4, 0.5) is 5.82 Å². The molecule has 2 heterocycles. The monoisotopic (exact) mass is 250 g/mol. The third-order valence-corrected chi connectivity index (χ3v) is 3.31. The normalized spacial score (nSPS) is 23.9. The van der Waals surface area contributed by atoms with E-state index in [1.165, 1.54) is 0 Å². The van der Waals surface area contributed by atoms with Gasteiger partial charge in [-0.3, -0.25) is 4.79 Å². The largest absolute Gasteiger partial charge is 0.374 e. The average molecular weight is 250 g/mol. The van der Waals surface area contributed by atoms with Crippen molar-refractivity contribution < 1.29 is 4.74 Å². The maximum absolute atomic E-state index is 12.1. The zero-order valence-electron chi connectivity index (χ0n) is 10.3. The van der Waals surface area contributed by atoms with Crippen molar-refractivity contribution in [2.24, 2.45) is 0 Å². The van der Waals surface area contributed by atoms with Crippen LogP contribution in [-0.2, 0) is 4.74 Å². The van der Waals surface area contributed by atoms with Crippen molar-refractivity contribution in [3.8, 4) is 0 Å². The molecule has 1 aliphatic carbocycles. The second-order valence-electron chi connectivity index (χ2n) is 4.80. The summed E-state index contributed by atoms with van der Waals surface area (Å²) in [6, 6.07) is 0.383. The SMILES string of the molecule is O=c1c(NCC2CNCCO2)nccn1C1CC1. The summed E-state index contributed by atoms with van der Waals surface area (Å²) in [6.07, 6.45) is 5.75. The number of anilines is 1. The molecule has 1 aromatic heterocycles. The maximum Gasteiger partial charge on any atom is 0.293 e. The van der Waals surface area contributed by atoms with Crippen LogP contribution in [-0.4, -0.2) is 41.9 Å². The van der Waals surface area contributed by atoms with Crippen molar-refractivity contribution >= 4 is 5.82 Å². The number of nitrogens with one attached hydrogen (secondary N) is 2. The van der Waals surface area contributed by atoms with Crippen molar-refractivity contribution in [3.05, 3.63) is 22.7 Å². The predicted molar refractivity (Wildman–Crippen MR) is 67.9 cm³/mol. The Bertz CT molecular complexity index is 463. The molecule has 1 aromatic rings. The summed E-state index contributed by atoms with van der Waals surface area (Å²) in [5.74, 6) is 0.429. The Morgan fingerprint density at radius 1 is 1.56 bits per heavy atom. The van der Waals surface area contributed by atoms with E-state index in [1.54, 1.807) is 17.0 Å².